The van der Waals surface area contributed by atoms with Crippen molar-refractivity contribution in [2.24, 2.45) is 0 Å². The monoisotopic (exact) mass is 213 g/mol. The normalized spacial score (nSPS) is 9.46. The number of carbonyl (C=O) groups excluding carboxylic acids is 1. The zero-order valence-corrected chi connectivity index (χ0v) is 11.4. The third kappa shape index (κ3) is 12.2. The average Bonchev–Trinajstić information content (AvgIpc) is 1.79. The van der Waals surface area contributed by atoms with Crippen LogP contribution < -0.4 is 56.7 Å². The summed E-state index contributed by atoms with van der Waals surface area (Å²) in [6.07, 6.45) is -0.773. The van der Waals surface area contributed by atoms with E-state index in [4.69, 9.17) is 9.84 Å². The number of rotatable bonds is 2. The molecule has 0 unspecified atom stereocenters. The van der Waals surface area contributed by atoms with Crippen LogP contribution in [0.1, 0.15) is 20.8 Å². The molecular formula is C7H12KNO4. The minimum absolute atomic E-state index is 0. The Hall–Kier alpha value is 0.246. The van der Waals surface area contributed by atoms with Crippen molar-refractivity contribution in [2.75, 3.05) is 0 Å². The van der Waals surface area contributed by atoms with Crippen LogP contribution in [0.3, 0.4) is 0 Å². The second-order valence-corrected chi connectivity index (χ2v) is 3.13. The fraction of sp³-hybridized carbons (Fsp3) is 0.571. The maximum atomic E-state index is 10.7. The molecule has 0 aliphatic heterocycles. The van der Waals surface area contributed by atoms with Crippen LogP contribution in [0, 0.1) is 6.54 Å². The molecule has 70 valence electrons. The number of alkyl carbamates (subject to hydrolysis) is 1. The fourth-order valence-corrected chi connectivity index (χ4v) is 0.428. The number of ether oxygens (including phenoxy) is 1. The molecule has 0 spiro atoms. The smallest absolute Gasteiger partial charge is 0.502 e. The van der Waals surface area contributed by atoms with E-state index in [2.05, 4.69) is 0 Å². The zero-order chi connectivity index (χ0) is 9.78. The van der Waals surface area contributed by atoms with Gasteiger partial charge in [-0.15, -0.1) is 0 Å². The van der Waals surface area contributed by atoms with Crippen molar-refractivity contribution in [3.05, 3.63) is 6.54 Å². The van der Waals surface area contributed by atoms with E-state index >= 15 is 0 Å². The first-order chi connectivity index (χ1) is 5.31. The van der Waals surface area contributed by atoms with E-state index in [1.807, 2.05) is 5.32 Å². The quantitative estimate of drug-likeness (QED) is 0.402. The van der Waals surface area contributed by atoms with Crippen LogP contribution in [0.2, 0.25) is 0 Å². The first kappa shape index (κ1) is 15.7. The Kier molecular flexibility index (Phi) is 8.05. The molecule has 1 amide bonds. The van der Waals surface area contributed by atoms with Crippen LogP contribution in [0.15, 0.2) is 0 Å². The van der Waals surface area contributed by atoms with Crippen LogP contribution >= 0.6 is 0 Å². The van der Waals surface area contributed by atoms with E-state index in [0.717, 1.165) is 0 Å². The molecule has 6 heteroatoms. The van der Waals surface area contributed by atoms with Crippen LogP contribution in [0.4, 0.5) is 4.79 Å². The van der Waals surface area contributed by atoms with Crippen LogP contribution in [-0.4, -0.2) is 22.8 Å². The summed E-state index contributed by atoms with van der Waals surface area (Å²) in [4.78, 5) is 20.7. The Balaban J connectivity index is 0. The number of hydrogen-bond donors (Lipinski definition) is 2. The molecule has 0 aromatic rings. The molecule has 0 aliphatic carbocycles. The zero-order valence-electron chi connectivity index (χ0n) is 8.25. The van der Waals surface area contributed by atoms with Gasteiger partial charge in [-0.25, -0.2) is 4.79 Å². The van der Waals surface area contributed by atoms with Crippen molar-refractivity contribution >= 4 is 12.1 Å². The molecule has 0 saturated heterocycles. The summed E-state index contributed by atoms with van der Waals surface area (Å²) < 4.78 is 4.74. The minimum atomic E-state index is -1.22. The summed E-state index contributed by atoms with van der Waals surface area (Å²) in [5, 5.41) is 10.1. The summed E-state index contributed by atoms with van der Waals surface area (Å²) >= 11 is 0. The van der Waals surface area contributed by atoms with Crippen LogP contribution in [0.5, 0.6) is 0 Å². The summed E-state index contributed by atoms with van der Waals surface area (Å²) in [7, 11) is 0. The number of hydrogen-bond acceptors (Lipinski definition) is 3. The SMILES string of the molecule is CC(C)(C)OC(=O)N[CH-]C(=O)O.[K+]. The molecular weight excluding hydrogens is 201 g/mol. The van der Waals surface area contributed by atoms with Gasteiger partial charge < -0.3 is 15.2 Å². The van der Waals surface area contributed by atoms with Gasteiger partial charge in [0, 0.05) is 0 Å². The summed E-state index contributed by atoms with van der Waals surface area (Å²) in [5.74, 6) is -1.22. The summed E-state index contributed by atoms with van der Waals surface area (Å²) in [6, 6.07) is 0. The molecule has 0 heterocycles. The molecule has 0 fully saturated rings. The third-order valence-corrected chi connectivity index (χ3v) is 0.712. The van der Waals surface area contributed by atoms with Crippen LogP contribution in [-0.2, 0) is 9.53 Å². The van der Waals surface area contributed by atoms with E-state index in [0.29, 0.717) is 6.54 Å². The standard InChI is InChI=1S/C7H12NO4.K/c1-7(2,3)12-6(11)8-4-5(9)10;/h4H,1-3H3,(H,8,11)(H,9,10);/q-1;+1. The largest absolute Gasteiger partial charge is 1.00 e. The van der Waals surface area contributed by atoms with E-state index in [1.165, 1.54) is 0 Å². The van der Waals surface area contributed by atoms with Gasteiger partial charge in [0.05, 0.1) is 0 Å². The predicted molar refractivity (Wildman–Crippen MR) is 41.3 cm³/mol. The number of carbonyl (C=O) groups is 2. The molecule has 0 rings (SSSR count). The van der Waals surface area contributed by atoms with E-state index in [9.17, 15) is 9.59 Å². The van der Waals surface area contributed by atoms with Crippen molar-refractivity contribution in [2.45, 2.75) is 26.4 Å². The molecule has 0 saturated carbocycles. The Morgan fingerprint density at radius 3 is 2.15 bits per heavy atom. The first-order valence-electron chi connectivity index (χ1n) is 3.37. The Bertz CT molecular complexity index is 187. The minimum Gasteiger partial charge on any atom is -0.502 e. The van der Waals surface area contributed by atoms with Gasteiger partial charge in [0.15, 0.2) is 5.97 Å². The molecule has 0 aliphatic rings. The molecule has 0 bridgehead atoms. The molecule has 13 heavy (non-hydrogen) atoms. The van der Waals surface area contributed by atoms with Gasteiger partial charge >= 0.3 is 57.5 Å². The molecule has 0 aromatic carbocycles. The van der Waals surface area contributed by atoms with Gasteiger partial charge in [-0.3, -0.25) is 4.79 Å². The average molecular weight is 213 g/mol. The number of carboxylic acids is 1. The molecule has 2 N–H and O–H groups in total. The number of nitrogens with one attached hydrogen (secondary N) is 1. The predicted octanol–water partition coefficient (Wildman–Crippen LogP) is -2.24. The Morgan fingerprint density at radius 1 is 1.38 bits per heavy atom. The maximum Gasteiger partial charge on any atom is 1.00 e. The number of aliphatic carboxylic acids is 1. The second-order valence-electron chi connectivity index (χ2n) is 3.13. The fourth-order valence-electron chi connectivity index (χ4n) is 0.428. The van der Waals surface area contributed by atoms with E-state index in [-0.39, 0.29) is 51.4 Å². The van der Waals surface area contributed by atoms with Gasteiger partial charge in [0.25, 0.3) is 0 Å². The van der Waals surface area contributed by atoms with Crippen molar-refractivity contribution in [3.8, 4) is 0 Å². The van der Waals surface area contributed by atoms with Crippen molar-refractivity contribution < 1.29 is 70.8 Å². The molecule has 5 nitrogen and oxygen atoms in total. The van der Waals surface area contributed by atoms with Gasteiger partial charge in [-0.1, -0.05) is 0 Å². The summed E-state index contributed by atoms with van der Waals surface area (Å²) in [6.45, 7) is 5.68. The van der Waals surface area contributed by atoms with E-state index in [1.54, 1.807) is 20.8 Å². The first-order valence-corrected chi connectivity index (χ1v) is 3.37. The van der Waals surface area contributed by atoms with E-state index < -0.39 is 17.7 Å². The maximum absolute atomic E-state index is 10.7. The molecule has 0 radical (unpaired) electrons. The Morgan fingerprint density at radius 2 is 1.85 bits per heavy atom. The molecule has 0 aromatic heterocycles. The van der Waals surface area contributed by atoms with Crippen molar-refractivity contribution in [1.29, 1.82) is 0 Å². The second kappa shape index (κ2) is 6.66. The van der Waals surface area contributed by atoms with Gasteiger partial charge in [-0.2, -0.15) is 6.54 Å². The van der Waals surface area contributed by atoms with Crippen LogP contribution in [0.25, 0.3) is 0 Å². The van der Waals surface area contributed by atoms with Crippen molar-refractivity contribution in [3.63, 3.8) is 0 Å². The number of amides is 1. The van der Waals surface area contributed by atoms with Gasteiger partial charge in [0.2, 0.25) is 0 Å². The summed E-state index contributed by atoms with van der Waals surface area (Å²) in [5.41, 5.74) is -0.615. The van der Waals surface area contributed by atoms with Gasteiger partial charge in [0.1, 0.15) is 5.60 Å². The molecule has 0 atom stereocenters. The van der Waals surface area contributed by atoms with Crippen molar-refractivity contribution in [1.82, 2.24) is 5.32 Å². The number of carboxylic acid groups (broad SMARTS) is 1. The third-order valence-electron chi connectivity index (χ3n) is 0.712. The van der Waals surface area contributed by atoms with Gasteiger partial charge in [-0.05, 0) is 20.8 Å². The topological polar surface area (TPSA) is 75.6 Å². The Labute approximate surface area is 120 Å².